The highest BCUT2D eigenvalue weighted by atomic mass is 32.2. The molecule has 0 aromatic heterocycles. The van der Waals surface area contributed by atoms with Gasteiger partial charge in [-0.1, -0.05) is 0 Å². The number of fused-ring (bicyclic) bond motifs is 3. The number of hydrogen-bond acceptors (Lipinski definition) is 7. The van der Waals surface area contributed by atoms with Gasteiger partial charge in [0.1, 0.15) is 22.2 Å². The molecule has 3 aliphatic carbocycles. The summed E-state index contributed by atoms with van der Waals surface area (Å²) >= 11 is 0. The SMILES string of the molecule is CS(=O)(=O)c1ccc(OCC(=O)NC23CCC(NC(=O)COc4ccc(F)c(F)c4)(CC2)[C@@H](O)C3)cc1F. The van der Waals surface area contributed by atoms with Crippen LogP contribution in [0.15, 0.2) is 41.3 Å². The number of sulfone groups is 1. The number of ether oxygens (including phenoxy) is 2. The van der Waals surface area contributed by atoms with E-state index in [1.165, 1.54) is 12.1 Å². The summed E-state index contributed by atoms with van der Waals surface area (Å²) in [5.41, 5.74) is -1.61. The van der Waals surface area contributed by atoms with Crippen LogP contribution >= 0.6 is 0 Å². The summed E-state index contributed by atoms with van der Waals surface area (Å²) in [7, 11) is -3.74. The van der Waals surface area contributed by atoms with E-state index in [-0.39, 0.29) is 17.9 Å². The van der Waals surface area contributed by atoms with Gasteiger partial charge in [-0.2, -0.15) is 0 Å². The topological polar surface area (TPSA) is 131 Å². The second kappa shape index (κ2) is 10.4. The Bertz CT molecular complexity index is 1340. The lowest BCUT2D eigenvalue weighted by Gasteiger charge is -2.56. The first-order chi connectivity index (χ1) is 17.8. The van der Waals surface area contributed by atoms with Gasteiger partial charge in [-0.05, 0) is 56.4 Å². The first kappa shape index (κ1) is 27.7. The molecule has 0 radical (unpaired) electrons. The van der Waals surface area contributed by atoms with Crippen molar-refractivity contribution in [2.75, 3.05) is 19.5 Å². The predicted octanol–water partition coefficient (Wildman–Crippen LogP) is 2.01. The average Bonchev–Trinajstić information content (AvgIpc) is 2.84. The number of rotatable bonds is 9. The lowest BCUT2D eigenvalue weighted by molar-refractivity contribution is -0.137. The predicted molar refractivity (Wildman–Crippen MR) is 128 cm³/mol. The molecule has 0 unspecified atom stereocenters. The fraction of sp³-hybridized carbons (Fsp3) is 0.440. The highest BCUT2D eigenvalue weighted by Crippen LogP contribution is 2.47. The van der Waals surface area contributed by atoms with E-state index in [1.807, 2.05) is 0 Å². The standard InChI is InChI=1S/C25H27F3N2O7S/c1-38(34,35)20-5-3-16(11-19(20)28)36-13-22(32)29-24-6-8-25(9-7-24,21(31)12-24)30-23(33)14-37-15-2-4-17(26)18(27)10-15/h2-5,10-11,21,31H,6-9,12-14H2,1H3,(H,29,32)(H,30,33)/t21-,24?,25?/m0/s1. The van der Waals surface area contributed by atoms with Gasteiger partial charge in [0.25, 0.3) is 11.8 Å². The minimum absolute atomic E-state index is 0.0117. The molecule has 206 valence electrons. The van der Waals surface area contributed by atoms with Crippen LogP contribution in [0.3, 0.4) is 0 Å². The summed E-state index contributed by atoms with van der Waals surface area (Å²) in [6.07, 6.45) is 1.80. The summed E-state index contributed by atoms with van der Waals surface area (Å²) in [5, 5.41) is 16.5. The van der Waals surface area contributed by atoms with Gasteiger partial charge in [-0.3, -0.25) is 9.59 Å². The lowest BCUT2D eigenvalue weighted by atomic mass is 9.60. The van der Waals surface area contributed by atoms with Crippen LogP contribution in [0.5, 0.6) is 11.5 Å². The van der Waals surface area contributed by atoms with Crippen molar-refractivity contribution in [3.05, 3.63) is 53.8 Å². The number of amides is 2. The molecule has 2 aromatic carbocycles. The number of nitrogens with one attached hydrogen (secondary N) is 2. The van der Waals surface area contributed by atoms with E-state index >= 15 is 0 Å². The quantitative estimate of drug-likeness (QED) is 0.431. The van der Waals surface area contributed by atoms with Crippen LogP contribution in [-0.2, 0) is 19.4 Å². The molecule has 5 rings (SSSR count). The molecule has 2 amide bonds. The number of aliphatic hydroxyl groups excluding tert-OH is 1. The molecule has 13 heteroatoms. The molecule has 0 heterocycles. The van der Waals surface area contributed by atoms with Gasteiger partial charge in [0, 0.05) is 23.9 Å². The van der Waals surface area contributed by atoms with Crippen molar-refractivity contribution in [2.24, 2.45) is 0 Å². The van der Waals surface area contributed by atoms with Crippen molar-refractivity contribution in [3.63, 3.8) is 0 Å². The maximum atomic E-state index is 14.0. The molecule has 3 N–H and O–H groups in total. The largest absolute Gasteiger partial charge is 0.484 e. The Balaban J connectivity index is 1.28. The Morgan fingerprint density at radius 3 is 1.97 bits per heavy atom. The Hall–Kier alpha value is -3.32. The Labute approximate surface area is 217 Å². The van der Waals surface area contributed by atoms with E-state index in [0.29, 0.717) is 25.7 Å². The van der Waals surface area contributed by atoms with Crippen LogP contribution < -0.4 is 20.1 Å². The molecule has 1 atom stereocenters. The van der Waals surface area contributed by atoms with Gasteiger partial charge >= 0.3 is 0 Å². The molecule has 0 aliphatic heterocycles. The van der Waals surface area contributed by atoms with Crippen molar-refractivity contribution >= 4 is 21.7 Å². The van der Waals surface area contributed by atoms with Gasteiger partial charge in [0.15, 0.2) is 34.7 Å². The van der Waals surface area contributed by atoms with Gasteiger partial charge < -0.3 is 25.2 Å². The monoisotopic (exact) mass is 556 g/mol. The van der Waals surface area contributed by atoms with E-state index in [4.69, 9.17) is 9.47 Å². The minimum Gasteiger partial charge on any atom is -0.484 e. The lowest BCUT2D eigenvalue weighted by Crippen LogP contribution is -2.70. The number of aliphatic hydroxyl groups is 1. The van der Waals surface area contributed by atoms with Crippen LogP contribution in [-0.4, -0.2) is 62.0 Å². The van der Waals surface area contributed by atoms with Gasteiger partial charge in [0.05, 0.1) is 11.6 Å². The third-order valence-corrected chi connectivity index (χ3v) is 8.18. The molecule has 3 saturated carbocycles. The molecule has 0 spiro atoms. The second-order valence-electron chi connectivity index (χ2n) is 9.77. The van der Waals surface area contributed by atoms with Gasteiger partial charge in [-0.25, -0.2) is 21.6 Å². The fourth-order valence-electron chi connectivity index (χ4n) is 5.04. The Kier molecular flexibility index (Phi) is 7.62. The number of halogens is 3. The molecule has 3 fully saturated rings. The summed E-state index contributed by atoms with van der Waals surface area (Å²) in [5.74, 6) is -4.17. The molecular formula is C25H27F3N2O7S. The molecule has 2 aromatic rings. The first-order valence-corrected chi connectivity index (χ1v) is 13.7. The highest BCUT2D eigenvalue weighted by molar-refractivity contribution is 7.90. The maximum Gasteiger partial charge on any atom is 0.258 e. The normalized spacial score (nSPS) is 24.5. The molecular weight excluding hydrogens is 529 g/mol. The van der Waals surface area contributed by atoms with Crippen LogP contribution in [0.2, 0.25) is 0 Å². The van der Waals surface area contributed by atoms with E-state index in [2.05, 4.69) is 10.6 Å². The summed E-state index contributed by atoms with van der Waals surface area (Å²) < 4.78 is 74.0. The van der Waals surface area contributed by atoms with Crippen molar-refractivity contribution in [1.29, 1.82) is 0 Å². The number of carbonyl (C=O) groups is 2. The molecule has 38 heavy (non-hydrogen) atoms. The van der Waals surface area contributed by atoms with E-state index in [0.717, 1.165) is 30.5 Å². The maximum absolute atomic E-state index is 14.0. The highest BCUT2D eigenvalue weighted by Gasteiger charge is 2.55. The number of carbonyl (C=O) groups excluding carboxylic acids is 2. The molecule has 9 nitrogen and oxygen atoms in total. The number of benzene rings is 2. The van der Waals surface area contributed by atoms with Crippen LogP contribution in [0.1, 0.15) is 32.1 Å². The molecule has 0 saturated heterocycles. The zero-order valence-corrected chi connectivity index (χ0v) is 21.2. The van der Waals surface area contributed by atoms with Crippen molar-refractivity contribution in [1.82, 2.24) is 10.6 Å². The second-order valence-corrected chi connectivity index (χ2v) is 11.8. The third-order valence-electron chi connectivity index (χ3n) is 7.05. The first-order valence-electron chi connectivity index (χ1n) is 11.8. The number of hydrogen-bond donors (Lipinski definition) is 3. The molecule has 3 aliphatic rings. The smallest absolute Gasteiger partial charge is 0.258 e. The van der Waals surface area contributed by atoms with E-state index < -0.39 is 74.4 Å². The van der Waals surface area contributed by atoms with Crippen molar-refractivity contribution in [2.45, 2.75) is 54.2 Å². The summed E-state index contributed by atoms with van der Waals surface area (Å²) in [4.78, 5) is 24.6. The van der Waals surface area contributed by atoms with E-state index in [9.17, 15) is 36.3 Å². The Morgan fingerprint density at radius 2 is 1.45 bits per heavy atom. The van der Waals surface area contributed by atoms with E-state index in [1.54, 1.807) is 0 Å². The molecule has 2 bridgehead atoms. The van der Waals surface area contributed by atoms with Crippen LogP contribution in [0, 0.1) is 17.5 Å². The third kappa shape index (κ3) is 6.04. The van der Waals surface area contributed by atoms with Crippen LogP contribution in [0.4, 0.5) is 13.2 Å². The Morgan fingerprint density at radius 1 is 0.895 bits per heavy atom. The van der Waals surface area contributed by atoms with Crippen molar-refractivity contribution in [3.8, 4) is 11.5 Å². The zero-order valence-electron chi connectivity index (χ0n) is 20.4. The van der Waals surface area contributed by atoms with Crippen LogP contribution in [0.25, 0.3) is 0 Å². The van der Waals surface area contributed by atoms with Gasteiger partial charge in [0.2, 0.25) is 0 Å². The van der Waals surface area contributed by atoms with Gasteiger partial charge in [-0.15, -0.1) is 0 Å². The zero-order chi connectivity index (χ0) is 27.7. The van der Waals surface area contributed by atoms with Crippen molar-refractivity contribution < 1.29 is 45.8 Å². The summed E-state index contributed by atoms with van der Waals surface area (Å²) in [6.45, 7) is -0.900. The summed E-state index contributed by atoms with van der Waals surface area (Å²) in [6, 6.07) is 6.12. The fourth-order valence-corrected chi connectivity index (χ4v) is 5.77. The average molecular weight is 557 g/mol. The minimum atomic E-state index is -3.74.